The molecule has 0 aliphatic carbocycles. The highest BCUT2D eigenvalue weighted by Crippen LogP contribution is 2.32. The maximum Gasteiger partial charge on any atom is 0.338 e. The van der Waals surface area contributed by atoms with Crippen molar-refractivity contribution in [1.29, 1.82) is 0 Å². The smallest absolute Gasteiger partial charge is 0.338 e. The second-order valence-electron chi connectivity index (χ2n) is 7.68. The van der Waals surface area contributed by atoms with Crippen molar-refractivity contribution >= 4 is 23.4 Å². The van der Waals surface area contributed by atoms with Crippen molar-refractivity contribution in [2.24, 2.45) is 0 Å². The summed E-state index contributed by atoms with van der Waals surface area (Å²) in [6.45, 7) is 3.20. The zero-order valence-electron chi connectivity index (χ0n) is 18.1. The largest absolute Gasteiger partial charge is 0.488 e. The molecule has 4 rings (SSSR count). The Bertz CT molecular complexity index is 1170. The molecule has 1 aliphatic rings. The average molecular weight is 473 g/mol. The van der Waals surface area contributed by atoms with Crippen LogP contribution in [0.3, 0.4) is 0 Å². The van der Waals surface area contributed by atoms with E-state index in [0.717, 1.165) is 42.4 Å². The van der Waals surface area contributed by atoms with Crippen LogP contribution in [0.2, 0.25) is 5.02 Å². The number of rotatable bonds is 7. The van der Waals surface area contributed by atoms with Crippen LogP contribution in [0.25, 0.3) is 0 Å². The van der Waals surface area contributed by atoms with E-state index in [0.29, 0.717) is 29.5 Å². The molecule has 0 amide bonds. The summed E-state index contributed by atoms with van der Waals surface area (Å²) >= 11 is 6.24. The van der Waals surface area contributed by atoms with E-state index in [1.54, 1.807) is 37.4 Å². The fourth-order valence-corrected chi connectivity index (χ4v) is 4.11. The number of pyridine rings is 1. The molecule has 0 atom stereocenters. The van der Waals surface area contributed by atoms with Crippen molar-refractivity contribution < 1.29 is 23.0 Å². The van der Waals surface area contributed by atoms with Crippen molar-refractivity contribution in [1.82, 2.24) is 4.98 Å². The lowest BCUT2D eigenvalue weighted by Crippen LogP contribution is -2.31. The minimum atomic E-state index is -0.661. The van der Waals surface area contributed by atoms with Crippen molar-refractivity contribution in [2.45, 2.75) is 32.9 Å². The summed E-state index contributed by atoms with van der Waals surface area (Å²) in [6, 6.07) is 10.3. The molecule has 1 aromatic heterocycles. The van der Waals surface area contributed by atoms with Gasteiger partial charge in [-0.05, 0) is 56.2 Å². The number of nitrogens with zero attached hydrogens (tertiary/aromatic N) is 2. The molecule has 0 unspecified atom stereocenters. The van der Waals surface area contributed by atoms with Gasteiger partial charge in [0.2, 0.25) is 0 Å². The molecule has 3 aromatic rings. The molecule has 0 bridgehead atoms. The molecule has 0 saturated heterocycles. The minimum absolute atomic E-state index is 0.0530. The number of aromatic nitrogens is 1. The molecule has 1 aliphatic heterocycles. The Hall–Kier alpha value is -3.19. The fourth-order valence-electron chi connectivity index (χ4n) is 3.92. The Kier molecular flexibility index (Phi) is 7.08. The summed E-state index contributed by atoms with van der Waals surface area (Å²) in [7, 11) is 0. The number of anilines is 1. The number of benzene rings is 2. The summed E-state index contributed by atoms with van der Waals surface area (Å²) in [4.78, 5) is 19.0. The van der Waals surface area contributed by atoms with Crippen molar-refractivity contribution in [2.75, 3.05) is 18.1 Å². The van der Waals surface area contributed by atoms with Gasteiger partial charge in [-0.15, -0.1) is 0 Å². The van der Waals surface area contributed by atoms with Gasteiger partial charge in [0.25, 0.3) is 0 Å². The molecule has 0 radical (unpaired) electrons. The lowest BCUT2D eigenvalue weighted by molar-refractivity contribution is 0.0525. The van der Waals surface area contributed by atoms with Crippen LogP contribution in [0.1, 0.15) is 40.4 Å². The van der Waals surface area contributed by atoms with Gasteiger partial charge in [-0.2, -0.15) is 0 Å². The zero-order chi connectivity index (χ0) is 23.4. The number of halogens is 3. The summed E-state index contributed by atoms with van der Waals surface area (Å²) < 4.78 is 38.3. The lowest BCUT2D eigenvalue weighted by Gasteiger charge is -2.31. The zero-order valence-corrected chi connectivity index (χ0v) is 18.9. The summed E-state index contributed by atoms with van der Waals surface area (Å²) in [5.41, 5.74) is 2.43. The molecular weight excluding hydrogens is 450 g/mol. The van der Waals surface area contributed by atoms with E-state index in [2.05, 4.69) is 9.88 Å². The Morgan fingerprint density at radius 3 is 2.79 bits per heavy atom. The third kappa shape index (κ3) is 5.25. The number of carbonyl (C=O) groups is 1. The molecule has 0 fully saturated rings. The fraction of sp³-hybridized carbons (Fsp3) is 0.280. The van der Waals surface area contributed by atoms with Crippen LogP contribution >= 0.6 is 11.6 Å². The number of esters is 1. The van der Waals surface area contributed by atoms with Crippen LogP contribution < -0.4 is 9.64 Å². The molecule has 5 nitrogen and oxygen atoms in total. The Morgan fingerprint density at radius 1 is 1.15 bits per heavy atom. The number of hydrogen-bond donors (Lipinski definition) is 0. The highest BCUT2D eigenvalue weighted by molar-refractivity contribution is 6.30. The maximum atomic E-state index is 14.0. The van der Waals surface area contributed by atoms with Crippen LogP contribution in [0.4, 0.5) is 14.6 Å². The van der Waals surface area contributed by atoms with E-state index >= 15 is 0 Å². The molecule has 33 heavy (non-hydrogen) atoms. The van der Waals surface area contributed by atoms with Gasteiger partial charge < -0.3 is 14.4 Å². The second-order valence-corrected chi connectivity index (χ2v) is 8.12. The lowest BCUT2D eigenvalue weighted by atomic mass is 9.99. The predicted octanol–water partition coefficient (Wildman–Crippen LogP) is 5.72. The first-order valence-corrected chi connectivity index (χ1v) is 11.1. The molecule has 172 valence electrons. The van der Waals surface area contributed by atoms with E-state index in [-0.39, 0.29) is 18.1 Å². The molecule has 0 spiro atoms. The number of ether oxygens (including phenoxy) is 2. The van der Waals surface area contributed by atoms with E-state index < -0.39 is 11.6 Å². The second kappa shape index (κ2) is 10.2. The number of fused-ring (bicyclic) bond motifs is 1. The Balaban J connectivity index is 1.58. The molecule has 0 N–H and O–H groups in total. The molecule has 2 aromatic carbocycles. The third-order valence-corrected chi connectivity index (χ3v) is 5.70. The van der Waals surface area contributed by atoms with E-state index in [4.69, 9.17) is 21.1 Å². The summed E-state index contributed by atoms with van der Waals surface area (Å²) in [5.74, 6) is -0.391. The molecular formula is C25H23ClF2N2O3. The first-order valence-electron chi connectivity index (χ1n) is 10.7. The standard InChI is InChI=1S/C25H23ClF2N2O3/c1-2-32-25(31)21-9-10-29-24-20(21)4-3-11-30(24)14-17-12-18(26)6-8-23(17)33-15-16-5-7-19(27)13-22(16)28/h5-10,12-13H,2-4,11,14-15H2,1H3. The SMILES string of the molecule is CCOC(=O)c1ccnc2c1CCCN2Cc1cc(Cl)ccc1OCc1ccc(F)cc1F. The first-order chi connectivity index (χ1) is 16.0. The van der Waals surface area contributed by atoms with Crippen LogP contribution in [-0.2, 0) is 24.3 Å². The van der Waals surface area contributed by atoms with Gasteiger partial charge in [0.05, 0.1) is 12.2 Å². The maximum absolute atomic E-state index is 14.0. The van der Waals surface area contributed by atoms with Gasteiger partial charge in [-0.3, -0.25) is 0 Å². The van der Waals surface area contributed by atoms with Crippen molar-refractivity contribution in [3.05, 3.63) is 87.6 Å². The normalized spacial score (nSPS) is 12.9. The van der Waals surface area contributed by atoms with E-state index in [1.165, 1.54) is 12.1 Å². The molecule has 0 saturated carbocycles. The van der Waals surface area contributed by atoms with Crippen LogP contribution in [0.5, 0.6) is 5.75 Å². The monoisotopic (exact) mass is 472 g/mol. The van der Waals surface area contributed by atoms with Gasteiger partial charge >= 0.3 is 5.97 Å². The topological polar surface area (TPSA) is 51.7 Å². The molecule has 8 heteroatoms. The van der Waals surface area contributed by atoms with Crippen molar-refractivity contribution in [3.8, 4) is 5.75 Å². The average Bonchev–Trinajstić information content (AvgIpc) is 2.79. The van der Waals surface area contributed by atoms with Gasteiger partial charge in [0.1, 0.15) is 29.8 Å². The number of hydrogen-bond acceptors (Lipinski definition) is 5. The molecule has 2 heterocycles. The Labute approximate surface area is 195 Å². The van der Waals surface area contributed by atoms with Gasteiger partial charge in [-0.1, -0.05) is 11.6 Å². The third-order valence-electron chi connectivity index (χ3n) is 5.46. The highest BCUT2D eigenvalue weighted by Gasteiger charge is 2.25. The summed E-state index contributed by atoms with van der Waals surface area (Å²) in [5, 5.41) is 0.538. The van der Waals surface area contributed by atoms with Crippen LogP contribution in [0.15, 0.2) is 48.7 Å². The quantitative estimate of drug-likeness (QED) is 0.411. The minimum Gasteiger partial charge on any atom is -0.488 e. The van der Waals surface area contributed by atoms with Gasteiger partial charge in [0.15, 0.2) is 0 Å². The van der Waals surface area contributed by atoms with Gasteiger partial charge in [0, 0.05) is 47.1 Å². The Morgan fingerprint density at radius 2 is 2.00 bits per heavy atom. The highest BCUT2D eigenvalue weighted by atomic mass is 35.5. The first kappa shape index (κ1) is 23.0. The van der Waals surface area contributed by atoms with Crippen LogP contribution in [-0.4, -0.2) is 24.1 Å². The predicted molar refractivity (Wildman–Crippen MR) is 122 cm³/mol. The van der Waals surface area contributed by atoms with Crippen LogP contribution in [0, 0.1) is 11.6 Å². The van der Waals surface area contributed by atoms with E-state index in [9.17, 15) is 13.6 Å². The van der Waals surface area contributed by atoms with E-state index in [1.807, 2.05) is 0 Å². The van der Waals surface area contributed by atoms with Crippen molar-refractivity contribution in [3.63, 3.8) is 0 Å². The van der Waals surface area contributed by atoms with Gasteiger partial charge in [-0.25, -0.2) is 18.6 Å². The summed E-state index contributed by atoms with van der Waals surface area (Å²) in [6.07, 6.45) is 3.19. The number of carbonyl (C=O) groups excluding carboxylic acids is 1.